The number of aromatic nitrogens is 1. The van der Waals surface area contributed by atoms with E-state index in [9.17, 15) is 8.42 Å². The average Bonchev–Trinajstić information content (AvgIpc) is 3.12. The maximum Gasteiger partial charge on any atom is 0.268 e. The third-order valence-electron chi connectivity index (χ3n) is 3.69. The first-order valence-electron chi connectivity index (χ1n) is 7.28. The predicted octanol–water partition coefficient (Wildman–Crippen LogP) is 3.41. The van der Waals surface area contributed by atoms with Crippen LogP contribution in [0.15, 0.2) is 71.8 Å². The molecule has 24 heavy (non-hydrogen) atoms. The molecule has 0 N–H and O–H groups in total. The Morgan fingerprint density at radius 2 is 1.54 bits per heavy atom. The van der Waals surface area contributed by atoms with E-state index in [0.29, 0.717) is 17.2 Å². The molecular weight excluding hydrogens is 326 g/mol. The molecule has 1 aromatic heterocycles. The van der Waals surface area contributed by atoms with Gasteiger partial charge in [0.15, 0.2) is 11.5 Å². The molecule has 0 fully saturated rings. The van der Waals surface area contributed by atoms with Gasteiger partial charge in [0, 0.05) is 11.8 Å². The van der Waals surface area contributed by atoms with Crippen molar-refractivity contribution in [1.82, 2.24) is 3.97 Å². The smallest absolute Gasteiger partial charge is 0.268 e. The second kappa shape index (κ2) is 6.41. The van der Waals surface area contributed by atoms with Crippen LogP contribution in [-0.4, -0.2) is 26.6 Å². The minimum Gasteiger partial charge on any atom is -0.493 e. The fraction of sp³-hybridized carbons (Fsp3) is 0.111. The van der Waals surface area contributed by atoms with Crippen molar-refractivity contribution in [2.24, 2.45) is 0 Å². The monoisotopic (exact) mass is 343 g/mol. The van der Waals surface area contributed by atoms with E-state index < -0.39 is 10.0 Å². The lowest BCUT2D eigenvalue weighted by atomic mass is 10.1. The normalized spacial score (nSPS) is 11.2. The molecule has 0 aliphatic heterocycles. The van der Waals surface area contributed by atoms with Crippen LogP contribution in [-0.2, 0) is 10.0 Å². The Labute approximate surface area is 141 Å². The van der Waals surface area contributed by atoms with Crippen LogP contribution in [0.25, 0.3) is 11.3 Å². The Morgan fingerprint density at radius 1 is 0.833 bits per heavy atom. The van der Waals surface area contributed by atoms with Crippen LogP contribution >= 0.6 is 0 Å². The lowest BCUT2D eigenvalue weighted by Gasteiger charge is -2.13. The molecule has 0 spiro atoms. The number of ether oxygens (including phenoxy) is 2. The van der Waals surface area contributed by atoms with Gasteiger partial charge in [-0.2, -0.15) is 0 Å². The fourth-order valence-electron chi connectivity index (χ4n) is 2.50. The minimum absolute atomic E-state index is 0.239. The molecule has 5 nitrogen and oxygen atoms in total. The quantitative estimate of drug-likeness (QED) is 0.712. The summed E-state index contributed by atoms with van der Waals surface area (Å²) in [5, 5.41) is 0. The highest BCUT2D eigenvalue weighted by Gasteiger charge is 2.20. The molecule has 0 radical (unpaired) electrons. The first-order valence-corrected chi connectivity index (χ1v) is 8.72. The van der Waals surface area contributed by atoms with E-state index in [1.807, 2.05) is 0 Å². The fourth-order valence-corrected chi connectivity index (χ4v) is 3.88. The Kier molecular flexibility index (Phi) is 4.31. The average molecular weight is 343 g/mol. The number of hydrogen-bond donors (Lipinski definition) is 0. The van der Waals surface area contributed by atoms with E-state index in [1.165, 1.54) is 10.2 Å². The van der Waals surface area contributed by atoms with E-state index >= 15 is 0 Å². The summed E-state index contributed by atoms with van der Waals surface area (Å²) < 4.78 is 37.5. The van der Waals surface area contributed by atoms with E-state index in [4.69, 9.17) is 9.47 Å². The van der Waals surface area contributed by atoms with Gasteiger partial charge < -0.3 is 9.47 Å². The number of methoxy groups -OCH3 is 2. The van der Waals surface area contributed by atoms with E-state index in [2.05, 4.69) is 0 Å². The summed E-state index contributed by atoms with van der Waals surface area (Å²) in [4.78, 5) is 0.239. The van der Waals surface area contributed by atoms with Crippen molar-refractivity contribution in [2.45, 2.75) is 4.90 Å². The summed E-state index contributed by atoms with van der Waals surface area (Å²) in [6.07, 6.45) is 1.54. The molecule has 2 aromatic carbocycles. The van der Waals surface area contributed by atoms with Gasteiger partial charge in [-0.3, -0.25) is 0 Å². The molecule has 0 saturated carbocycles. The van der Waals surface area contributed by atoms with Gasteiger partial charge in [-0.25, -0.2) is 12.4 Å². The number of rotatable bonds is 5. The van der Waals surface area contributed by atoms with Gasteiger partial charge in [-0.15, -0.1) is 0 Å². The Morgan fingerprint density at radius 3 is 2.21 bits per heavy atom. The molecule has 0 saturated heterocycles. The lowest BCUT2D eigenvalue weighted by Crippen LogP contribution is -2.13. The van der Waals surface area contributed by atoms with Crippen molar-refractivity contribution in [3.63, 3.8) is 0 Å². The maximum absolute atomic E-state index is 12.9. The molecular formula is C18H17NO4S. The summed E-state index contributed by atoms with van der Waals surface area (Å²) in [6, 6.07) is 17.1. The third-order valence-corrected chi connectivity index (χ3v) is 5.40. The highest BCUT2D eigenvalue weighted by Crippen LogP contribution is 2.33. The van der Waals surface area contributed by atoms with Crippen molar-refractivity contribution in [2.75, 3.05) is 14.2 Å². The first-order chi connectivity index (χ1) is 11.6. The molecule has 3 aromatic rings. The van der Waals surface area contributed by atoms with Crippen LogP contribution in [0, 0.1) is 0 Å². The van der Waals surface area contributed by atoms with Crippen LogP contribution in [0.4, 0.5) is 0 Å². The first kappa shape index (κ1) is 16.1. The molecule has 3 rings (SSSR count). The Bertz CT molecular complexity index is 946. The molecule has 1 heterocycles. The zero-order valence-corrected chi connectivity index (χ0v) is 14.2. The number of benzene rings is 2. The standard InChI is InChI=1S/C18H17NO4S/c1-22-17-11-10-14(13-18(17)23-2)16-9-6-12-19(16)24(20,21)15-7-4-3-5-8-15/h3-13H,1-2H3. The molecule has 0 aliphatic rings. The van der Waals surface area contributed by atoms with Crippen molar-refractivity contribution in [1.29, 1.82) is 0 Å². The van der Waals surface area contributed by atoms with Crippen LogP contribution in [0.2, 0.25) is 0 Å². The molecule has 0 unspecified atom stereocenters. The summed E-state index contributed by atoms with van der Waals surface area (Å²) in [5.41, 5.74) is 1.27. The van der Waals surface area contributed by atoms with Crippen LogP contribution in [0.5, 0.6) is 11.5 Å². The predicted molar refractivity (Wildman–Crippen MR) is 92.0 cm³/mol. The van der Waals surface area contributed by atoms with Gasteiger partial charge in [0.1, 0.15) is 0 Å². The maximum atomic E-state index is 12.9. The van der Waals surface area contributed by atoms with Crippen LogP contribution in [0.3, 0.4) is 0 Å². The van der Waals surface area contributed by atoms with Gasteiger partial charge >= 0.3 is 0 Å². The summed E-state index contributed by atoms with van der Waals surface area (Å²) in [5.74, 6) is 1.13. The molecule has 0 bridgehead atoms. The largest absolute Gasteiger partial charge is 0.493 e. The van der Waals surface area contributed by atoms with Crippen molar-refractivity contribution < 1.29 is 17.9 Å². The lowest BCUT2D eigenvalue weighted by molar-refractivity contribution is 0.355. The van der Waals surface area contributed by atoms with Gasteiger partial charge in [-0.1, -0.05) is 18.2 Å². The zero-order valence-electron chi connectivity index (χ0n) is 13.3. The molecule has 0 atom stereocenters. The van der Waals surface area contributed by atoms with Crippen molar-refractivity contribution in [3.05, 3.63) is 66.9 Å². The van der Waals surface area contributed by atoms with E-state index in [0.717, 1.165) is 5.56 Å². The summed E-state index contributed by atoms with van der Waals surface area (Å²) in [7, 11) is -0.566. The van der Waals surface area contributed by atoms with Gasteiger partial charge in [0.2, 0.25) is 0 Å². The van der Waals surface area contributed by atoms with Gasteiger partial charge in [-0.05, 0) is 42.5 Å². The Hall–Kier alpha value is -2.73. The highest BCUT2D eigenvalue weighted by molar-refractivity contribution is 7.90. The molecule has 0 amide bonds. The Balaban J connectivity index is 2.12. The van der Waals surface area contributed by atoms with Gasteiger partial charge in [0.05, 0.1) is 24.8 Å². The van der Waals surface area contributed by atoms with E-state index in [-0.39, 0.29) is 4.90 Å². The zero-order chi connectivity index (χ0) is 17.2. The topological polar surface area (TPSA) is 57.5 Å². The second-order valence-corrected chi connectivity index (χ2v) is 6.89. The summed E-state index contributed by atoms with van der Waals surface area (Å²) >= 11 is 0. The van der Waals surface area contributed by atoms with Crippen LogP contribution in [0.1, 0.15) is 0 Å². The highest BCUT2D eigenvalue weighted by atomic mass is 32.2. The molecule has 0 aliphatic carbocycles. The van der Waals surface area contributed by atoms with Crippen LogP contribution < -0.4 is 9.47 Å². The molecule has 6 heteroatoms. The second-order valence-electron chi connectivity index (χ2n) is 5.08. The third kappa shape index (κ3) is 2.76. The SMILES string of the molecule is COc1ccc(-c2cccn2S(=O)(=O)c2ccccc2)cc1OC. The van der Waals surface area contributed by atoms with Gasteiger partial charge in [0.25, 0.3) is 10.0 Å². The minimum atomic E-state index is -3.67. The summed E-state index contributed by atoms with van der Waals surface area (Å²) in [6.45, 7) is 0. The number of nitrogens with zero attached hydrogens (tertiary/aromatic N) is 1. The molecule has 124 valence electrons. The van der Waals surface area contributed by atoms with Crippen molar-refractivity contribution >= 4 is 10.0 Å². The van der Waals surface area contributed by atoms with E-state index in [1.54, 1.807) is 74.9 Å². The van der Waals surface area contributed by atoms with Crippen molar-refractivity contribution in [3.8, 4) is 22.8 Å². The number of hydrogen-bond acceptors (Lipinski definition) is 4.